The minimum atomic E-state index is 0.806. The molecule has 0 radical (unpaired) electrons. The Labute approximate surface area is 66.9 Å². The average molecular weight is 151 g/mol. The SMILES string of the molecule is C=CCCNCc1ccco1. The lowest BCUT2D eigenvalue weighted by molar-refractivity contribution is 0.485. The smallest absolute Gasteiger partial charge is 0.117 e. The quantitative estimate of drug-likeness (QED) is 0.514. The average Bonchev–Trinajstić information content (AvgIpc) is 2.50. The Bertz CT molecular complexity index is 191. The van der Waals surface area contributed by atoms with Gasteiger partial charge in [0.15, 0.2) is 0 Å². The van der Waals surface area contributed by atoms with Gasteiger partial charge in [0.1, 0.15) is 5.76 Å². The van der Waals surface area contributed by atoms with E-state index in [2.05, 4.69) is 11.9 Å². The molecule has 0 aliphatic heterocycles. The lowest BCUT2D eigenvalue weighted by Crippen LogP contribution is -2.13. The van der Waals surface area contributed by atoms with E-state index in [0.29, 0.717) is 0 Å². The highest BCUT2D eigenvalue weighted by molar-refractivity contribution is 4.97. The van der Waals surface area contributed by atoms with Crippen molar-refractivity contribution in [2.75, 3.05) is 6.54 Å². The Morgan fingerprint density at radius 2 is 2.55 bits per heavy atom. The third-order valence-corrected chi connectivity index (χ3v) is 1.40. The fourth-order valence-corrected chi connectivity index (χ4v) is 0.829. The van der Waals surface area contributed by atoms with Crippen LogP contribution in [0, 0.1) is 0 Å². The molecule has 2 heteroatoms. The number of rotatable bonds is 5. The number of nitrogens with one attached hydrogen (secondary N) is 1. The van der Waals surface area contributed by atoms with E-state index in [1.165, 1.54) is 0 Å². The zero-order chi connectivity index (χ0) is 7.94. The van der Waals surface area contributed by atoms with Gasteiger partial charge in [-0.25, -0.2) is 0 Å². The molecule has 1 heterocycles. The van der Waals surface area contributed by atoms with Gasteiger partial charge in [0.05, 0.1) is 12.8 Å². The lowest BCUT2D eigenvalue weighted by Gasteiger charge is -1.97. The van der Waals surface area contributed by atoms with Crippen LogP contribution in [0.1, 0.15) is 12.2 Å². The third kappa shape index (κ3) is 3.05. The van der Waals surface area contributed by atoms with Gasteiger partial charge in [-0.3, -0.25) is 0 Å². The van der Waals surface area contributed by atoms with Gasteiger partial charge < -0.3 is 9.73 Å². The topological polar surface area (TPSA) is 25.2 Å². The molecule has 0 bridgehead atoms. The maximum Gasteiger partial charge on any atom is 0.117 e. The zero-order valence-corrected chi connectivity index (χ0v) is 6.55. The first-order valence-corrected chi connectivity index (χ1v) is 3.77. The van der Waals surface area contributed by atoms with Crippen LogP contribution < -0.4 is 5.32 Å². The second-order valence-corrected chi connectivity index (χ2v) is 2.33. The Morgan fingerprint density at radius 3 is 3.18 bits per heavy atom. The van der Waals surface area contributed by atoms with E-state index >= 15 is 0 Å². The van der Waals surface area contributed by atoms with Gasteiger partial charge in [-0.1, -0.05) is 6.08 Å². The maximum atomic E-state index is 5.13. The predicted octanol–water partition coefficient (Wildman–Crippen LogP) is 1.95. The number of hydrogen-bond donors (Lipinski definition) is 1. The van der Waals surface area contributed by atoms with Gasteiger partial charge >= 0.3 is 0 Å². The second-order valence-electron chi connectivity index (χ2n) is 2.33. The van der Waals surface area contributed by atoms with Crippen LogP contribution >= 0.6 is 0 Å². The first-order chi connectivity index (χ1) is 5.43. The van der Waals surface area contributed by atoms with Crippen molar-refractivity contribution in [2.45, 2.75) is 13.0 Å². The molecule has 0 saturated heterocycles. The Hall–Kier alpha value is -1.02. The van der Waals surface area contributed by atoms with Gasteiger partial charge in [-0.15, -0.1) is 6.58 Å². The van der Waals surface area contributed by atoms with E-state index < -0.39 is 0 Å². The highest BCUT2D eigenvalue weighted by Gasteiger charge is 1.91. The molecule has 11 heavy (non-hydrogen) atoms. The first kappa shape index (κ1) is 8.08. The highest BCUT2D eigenvalue weighted by Crippen LogP contribution is 1.97. The Balaban J connectivity index is 2.09. The first-order valence-electron chi connectivity index (χ1n) is 3.77. The summed E-state index contributed by atoms with van der Waals surface area (Å²) in [7, 11) is 0. The summed E-state index contributed by atoms with van der Waals surface area (Å²) in [6, 6.07) is 3.85. The van der Waals surface area contributed by atoms with E-state index in [4.69, 9.17) is 4.42 Å². The summed E-state index contributed by atoms with van der Waals surface area (Å²) >= 11 is 0. The molecular weight excluding hydrogens is 138 g/mol. The number of furan rings is 1. The van der Waals surface area contributed by atoms with Gasteiger partial charge in [0.2, 0.25) is 0 Å². The molecule has 2 nitrogen and oxygen atoms in total. The second kappa shape index (κ2) is 4.74. The molecule has 0 amide bonds. The minimum absolute atomic E-state index is 0.806. The molecular formula is C9H13NO. The van der Waals surface area contributed by atoms with E-state index in [9.17, 15) is 0 Å². The van der Waals surface area contributed by atoms with E-state index in [1.54, 1.807) is 6.26 Å². The summed E-state index contributed by atoms with van der Waals surface area (Å²) in [5, 5.41) is 3.22. The van der Waals surface area contributed by atoms with Crippen LogP contribution in [0.5, 0.6) is 0 Å². The molecule has 0 atom stereocenters. The van der Waals surface area contributed by atoms with Gasteiger partial charge in [-0.05, 0) is 25.1 Å². The Kier molecular flexibility index (Phi) is 3.48. The fourth-order valence-electron chi connectivity index (χ4n) is 0.829. The standard InChI is InChI=1S/C9H13NO/c1-2-3-6-10-8-9-5-4-7-11-9/h2,4-5,7,10H,1,3,6,8H2. The summed E-state index contributed by atoms with van der Waals surface area (Å²) in [4.78, 5) is 0. The molecule has 1 aromatic heterocycles. The van der Waals surface area contributed by atoms with Crippen LogP contribution in [0.25, 0.3) is 0 Å². The fraction of sp³-hybridized carbons (Fsp3) is 0.333. The van der Waals surface area contributed by atoms with Crippen LogP contribution in [-0.2, 0) is 6.54 Å². The summed E-state index contributed by atoms with van der Waals surface area (Å²) < 4.78 is 5.13. The molecule has 0 saturated carbocycles. The van der Waals surface area contributed by atoms with Crippen molar-refractivity contribution in [2.24, 2.45) is 0 Å². The van der Waals surface area contributed by atoms with Crippen molar-refractivity contribution in [3.63, 3.8) is 0 Å². The number of hydrogen-bond acceptors (Lipinski definition) is 2. The molecule has 0 aliphatic rings. The molecule has 0 spiro atoms. The van der Waals surface area contributed by atoms with Gasteiger partial charge in [0, 0.05) is 0 Å². The summed E-state index contributed by atoms with van der Waals surface area (Å²) in [6.45, 7) is 5.40. The molecule has 0 fully saturated rings. The van der Waals surface area contributed by atoms with Crippen LogP contribution in [0.3, 0.4) is 0 Å². The third-order valence-electron chi connectivity index (χ3n) is 1.40. The molecule has 0 aromatic carbocycles. The lowest BCUT2D eigenvalue weighted by atomic mass is 10.4. The molecule has 0 aliphatic carbocycles. The maximum absolute atomic E-state index is 5.13. The van der Waals surface area contributed by atoms with Crippen LogP contribution in [-0.4, -0.2) is 6.54 Å². The van der Waals surface area contributed by atoms with Gasteiger partial charge in [-0.2, -0.15) is 0 Å². The summed E-state index contributed by atoms with van der Waals surface area (Å²) in [6.07, 6.45) is 4.58. The van der Waals surface area contributed by atoms with Crippen LogP contribution in [0.4, 0.5) is 0 Å². The van der Waals surface area contributed by atoms with E-state index in [0.717, 1.165) is 25.3 Å². The van der Waals surface area contributed by atoms with Crippen LogP contribution in [0.2, 0.25) is 0 Å². The van der Waals surface area contributed by atoms with Crippen molar-refractivity contribution in [1.29, 1.82) is 0 Å². The van der Waals surface area contributed by atoms with Crippen molar-refractivity contribution >= 4 is 0 Å². The van der Waals surface area contributed by atoms with E-state index in [-0.39, 0.29) is 0 Å². The minimum Gasteiger partial charge on any atom is -0.468 e. The van der Waals surface area contributed by atoms with Crippen molar-refractivity contribution in [1.82, 2.24) is 5.32 Å². The zero-order valence-electron chi connectivity index (χ0n) is 6.55. The normalized spacial score (nSPS) is 9.82. The van der Waals surface area contributed by atoms with Crippen molar-refractivity contribution in [3.8, 4) is 0 Å². The predicted molar refractivity (Wildman–Crippen MR) is 45.2 cm³/mol. The molecule has 0 unspecified atom stereocenters. The Morgan fingerprint density at radius 1 is 1.64 bits per heavy atom. The molecule has 1 N–H and O–H groups in total. The molecule has 1 rings (SSSR count). The van der Waals surface area contributed by atoms with E-state index in [1.807, 2.05) is 18.2 Å². The largest absolute Gasteiger partial charge is 0.468 e. The van der Waals surface area contributed by atoms with Crippen molar-refractivity contribution in [3.05, 3.63) is 36.8 Å². The van der Waals surface area contributed by atoms with Crippen LogP contribution in [0.15, 0.2) is 35.5 Å². The monoisotopic (exact) mass is 151 g/mol. The summed E-state index contributed by atoms with van der Waals surface area (Å²) in [5.74, 6) is 0.981. The van der Waals surface area contributed by atoms with Crippen molar-refractivity contribution < 1.29 is 4.42 Å². The molecule has 1 aromatic rings. The van der Waals surface area contributed by atoms with Gasteiger partial charge in [0.25, 0.3) is 0 Å². The summed E-state index contributed by atoms with van der Waals surface area (Å²) in [5.41, 5.74) is 0. The molecule has 60 valence electrons. The highest BCUT2D eigenvalue weighted by atomic mass is 16.3.